The fourth-order valence-electron chi connectivity index (χ4n) is 1.32. The molecule has 1 aromatic rings. The van der Waals surface area contributed by atoms with Crippen LogP contribution in [0, 0.1) is 5.92 Å². The minimum absolute atomic E-state index is 0.217. The van der Waals surface area contributed by atoms with Gasteiger partial charge in [0.05, 0.1) is 13.0 Å². The van der Waals surface area contributed by atoms with E-state index in [1.54, 1.807) is 25.4 Å². The number of nitrogens with zero attached hydrogens (tertiary/aromatic N) is 1. The molecule has 2 rings (SSSR count). The maximum atomic E-state index is 11.6. The molecule has 0 aromatic carbocycles. The molecule has 1 aliphatic carbocycles. The molecule has 1 aliphatic rings. The maximum Gasteiger partial charge on any atom is 0.231 e. The van der Waals surface area contributed by atoms with Crippen LogP contribution in [0.2, 0.25) is 0 Å². The van der Waals surface area contributed by atoms with E-state index in [1.165, 1.54) is 0 Å². The molecule has 0 bridgehead atoms. The zero-order chi connectivity index (χ0) is 11.8. The van der Waals surface area contributed by atoms with Gasteiger partial charge in [0.15, 0.2) is 0 Å². The highest BCUT2D eigenvalue weighted by molar-refractivity contribution is 6.52. The van der Waals surface area contributed by atoms with Gasteiger partial charge < -0.3 is 10.1 Å². The first-order chi connectivity index (χ1) is 7.53. The van der Waals surface area contributed by atoms with Crippen LogP contribution in [-0.4, -0.2) is 22.3 Å². The van der Waals surface area contributed by atoms with Gasteiger partial charge in [0.2, 0.25) is 5.91 Å². The Balaban J connectivity index is 2.01. The third-order valence-corrected chi connectivity index (χ3v) is 3.20. The van der Waals surface area contributed by atoms with Crippen molar-refractivity contribution >= 4 is 34.9 Å². The number of nitrogens with one attached hydrogen (secondary N) is 1. The lowest BCUT2D eigenvalue weighted by Crippen LogP contribution is -2.17. The molecule has 1 atom stereocenters. The molecule has 1 heterocycles. The van der Waals surface area contributed by atoms with Crippen LogP contribution < -0.4 is 10.1 Å². The Morgan fingerprint density at radius 3 is 2.94 bits per heavy atom. The largest absolute Gasteiger partial charge is 0.497 e. The smallest absolute Gasteiger partial charge is 0.231 e. The van der Waals surface area contributed by atoms with E-state index in [2.05, 4.69) is 10.3 Å². The van der Waals surface area contributed by atoms with Crippen molar-refractivity contribution in [1.82, 2.24) is 4.98 Å². The first kappa shape index (κ1) is 11.5. The highest BCUT2D eigenvalue weighted by Crippen LogP contribution is 2.53. The van der Waals surface area contributed by atoms with Crippen molar-refractivity contribution in [2.24, 2.45) is 5.92 Å². The molecule has 1 saturated carbocycles. The van der Waals surface area contributed by atoms with E-state index >= 15 is 0 Å². The van der Waals surface area contributed by atoms with Crippen molar-refractivity contribution < 1.29 is 9.53 Å². The molecular formula is C10H10Cl2N2O2. The number of carbonyl (C=O) groups is 1. The molecular weight excluding hydrogens is 251 g/mol. The van der Waals surface area contributed by atoms with Gasteiger partial charge in [-0.3, -0.25) is 4.79 Å². The lowest BCUT2D eigenvalue weighted by molar-refractivity contribution is -0.117. The zero-order valence-electron chi connectivity index (χ0n) is 8.54. The highest BCUT2D eigenvalue weighted by atomic mass is 35.5. The normalized spacial score (nSPS) is 21.3. The summed E-state index contributed by atoms with van der Waals surface area (Å²) in [5, 5.41) is 2.64. The molecule has 0 saturated heterocycles. The second kappa shape index (κ2) is 4.11. The van der Waals surface area contributed by atoms with Crippen LogP contribution in [0.1, 0.15) is 6.42 Å². The van der Waals surface area contributed by atoms with Gasteiger partial charge in [0.25, 0.3) is 0 Å². The van der Waals surface area contributed by atoms with Gasteiger partial charge in [-0.05, 0) is 12.5 Å². The Bertz CT molecular complexity index is 423. The molecule has 86 valence electrons. The Labute approximate surface area is 103 Å². The lowest BCUT2D eigenvalue weighted by atomic mass is 10.3. The van der Waals surface area contributed by atoms with Gasteiger partial charge in [-0.15, -0.1) is 23.2 Å². The number of alkyl halides is 2. The summed E-state index contributed by atoms with van der Waals surface area (Å²) < 4.78 is 4.10. The summed E-state index contributed by atoms with van der Waals surface area (Å²) in [4.78, 5) is 15.6. The molecule has 4 nitrogen and oxygen atoms in total. The van der Waals surface area contributed by atoms with Crippen LogP contribution in [0.5, 0.6) is 5.75 Å². The third kappa shape index (κ3) is 2.39. The zero-order valence-corrected chi connectivity index (χ0v) is 10.0. The van der Waals surface area contributed by atoms with Gasteiger partial charge in [-0.1, -0.05) is 0 Å². The van der Waals surface area contributed by atoms with Crippen molar-refractivity contribution in [3.05, 3.63) is 18.3 Å². The number of halogens is 2. The van der Waals surface area contributed by atoms with Crippen molar-refractivity contribution in [3.8, 4) is 5.75 Å². The summed E-state index contributed by atoms with van der Waals surface area (Å²) in [6, 6.07) is 3.32. The summed E-state index contributed by atoms with van der Waals surface area (Å²) >= 11 is 11.6. The van der Waals surface area contributed by atoms with Crippen LogP contribution in [0.15, 0.2) is 18.3 Å². The number of pyridine rings is 1. The van der Waals surface area contributed by atoms with Gasteiger partial charge in [0.1, 0.15) is 15.9 Å². The van der Waals surface area contributed by atoms with E-state index < -0.39 is 4.33 Å². The number of anilines is 1. The predicted octanol–water partition coefficient (Wildman–Crippen LogP) is 2.22. The van der Waals surface area contributed by atoms with Gasteiger partial charge in [-0.2, -0.15) is 0 Å². The minimum atomic E-state index is -0.914. The number of aromatic nitrogens is 1. The standard InChI is InChI=1S/C10H10Cl2N2O2/c1-16-6-2-3-13-8(4-6)14-9(15)7-5-10(7,11)12/h2-4,7H,5H2,1H3,(H,13,14,15)/t7-/m0/s1. The summed E-state index contributed by atoms with van der Waals surface area (Å²) in [6.07, 6.45) is 2.03. The number of hydrogen-bond acceptors (Lipinski definition) is 3. The van der Waals surface area contributed by atoms with Crippen molar-refractivity contribution in [2.45, 2.75) is 10.8 Å². The van der Waals surface area contributed by atoms with Crippen LogP contribution in [0.3, 0.4) is 0 Å². The van der Waals surface area contributed by atoms with Gasteiger partial charge >= 0.3 is 0 Å². The van der Waals surface area contributed by atoms with Crippen LogP contribution >= 0.6 is 23.2 Å². The van der Waals surface area contributed by atoms with E-state index in [4.69, 9.17) is 27.9 Å². The second-order valence-corrected chi connectivity index (χ2v) is 5.13. The molecule has 0 aliphatic heterocycles. The predicted molar refractivity (Wildman–Crippen MR) is 62.0 cm³/mol. The number of rotatable bonds is 3. The second-order valence-electron chi connectivity index (χ2n) is 3.59. The fraction of sp³-hybridized carbons (Fsp3) is 0.400. The highest BCUT2D eigenvalue weighted by Gasteiger charge is 2.56. The molecule has 1 aromatic heterocycles. The Kier molecular flexibility index (Phi) is 2.95. The Morgan fingerprint density at radius 1 is 1.69 bits per heavy atom. The molecule has 16 heavy (non-hydrogen) atoms. The van der Waals surface area contributed by atoms with E-state index in [1.807, 2.05) is 0 Å². The summed E-state index contributed by atoms with van der Waals surface area (Å²) in [7, 11) is 1.55. The summed E-state index contributed by atoms with van der Waals surface area (Å²) in [5.41, 5.74) is 0. The summed E-state index contributed by atoms with van der Waals surface area (Å²) in [5.74, 6) is 0.485. The average Bonchev–Trinajstić information content (AvgIpc) is 2.88. The van der Waals surface area contributed by atoms with Gasteiger partial charge in [0, 0.05) is 12.3 Å². The lowest BCUT2D eigenvalue weighted by Gasteiger charge is -2.05. The van der Waals surface area contributed by atoms with Crippen LogP contribution in [0.25, 0.3) is 0 Å². The number of amides is 1. The van der Waals surface area contributed by atoms with Crippen molar-refractivity contribution in [2.75, 3.05) is 12.4 Å². The van der Waals surface area contributed by atoms with E-state index in [0.717, 1.165) is 0 Å². The number of carbonyl (C=O) groups excluding carboxylic acids is 1. The first-order valence-electron chi connectivity index (χ1n) is 4.71. The summed E-state index contributed by atoms with van der Waals surface area (Å²) in [6.45, 7) is 0. The molecule has 0 unspecified atom stereocenters. The van der Waals surface area contributed by atoms with Crippen molar-refractivity contribution in [1.29, 1.82) is 0 Å². The molecule has 1 N–H and O–H groups in total. The Morgan fingerprint density at radius 2 is 2.38 bits per heavy atom. The number of hydrogen-bond donors (Lipinski definition) is 1. The molecule has 0 spiro atoms. The first-order valence-corrected chi connectivity index (χ1v) is 5.47. The molecule has 1 fully saturated rings. The molecule has 0 radical (unpaired) electrons. The number of ether oxygens (including phenoxy) is 1. The molecule has 6 heteroatoms. The Hall–Kier alpha value is -1.000. The SMILES string of the molecule is COc1ccnc(NC(=O)[C@@H]2CC2(Cl)Cl)c1. The van der Waals surface area contributed by atoms with Crippen LogP contribution in [-0.2, 0) is 4.79 Å². The fourth-order valence-corrected chi connectivity index (χ4v) is 1.82. The monoisotopic (exact) mass is 260 g/mol. The van der Waals surface area contributed by atoms with E-state index in [9.17, 15) is 4.79 Å². The van der Waals surface area contributed by atoms with E-state index in [-0.39, 0.29) is 11.8 Å². The third-order valence-electron chi connectivity index (χ3n) is 2.36. The molecule has 1 amide bonds. The van der Waals surface area contributed by atoms with Crippen molar-refractivity contribution in [3.63, 3.8) is 0 Å². The number of methoxy groups -OCH3 is 1. The topological polar surface area (TPSA) is 51.2 Å². The average molecular weight is 261 g/mol. The minimum Gasteiger partial charge on any atom is -0.497 e. The van der Waals surface area contributed by atoms with E-state index in [0.29, 0.717) is 18.0 Å². The quantitative estimate of drug-likeness (QED) is 0.849. The maximum absolute atomic E-state index is 11.6. The van der Waals surface area contributed by atoms with Gasteiger partial charge in [-0.25, -0.2) is 4.98 Å². The van der Waals surface area contributed by atoms with Crippen LogP contribution in [0.4, 0.5) is 5.82 Å².